The van der Waals surface area contributed by atoms with Crippen molar-refractivity contribution in [2.75, 3.05) is 11.9 Å². The Hall–Kier alpha value is -1.94. The van der Waals surface area contributed by atoms with Gasteiger partial charge in [-0.15, -0.1) is 0 Å². The van der Waals surface area contributed by atoms with Gasteiger partial charge in [-0.1, -0.05) is 12.1 Å². The van der Waals surface area contributed by atoms with Crippen LogP contribution < -0.4 is 5.32 Å². The molecule has 0 aromatic heterocycles. The molecule has 2 aromatic rings. The van der Waals surface area contributed by atoms with E-state index in [4.69, 9.17) is 0 Å². The molecule has 0 saturated heterocycles. The van der Waals surface area contributed by atoms with Crippen molar-refractivity contribution in [3.63, 3.8) is 0 Å². The molecule has 4 heteroatoms. The summed E-state index contributed by atoms with van der Waals surface area (Å²) in [7, 11) is 0. The number of benzene rings is 2. The maximum atomic E-state index is 13.3. The van der Waals surface area contributed by atoms with Crippen molar-refractivity contribution >= 4 is 5.69 Å². The minimum Gasteiger partial charge on any atom is -0.394 e. The normalized spacial score (nSPS) is 12.2. The molecular weight excluding hydrogens is 248 g/mol. The molecule has 2 N–H and O–H groups in total. The summed E-state index contributed by atoms with van der Waals surface area (Å²) < 4.78 is 26.4. The summed E-state index contributed by atoms with van der Waals surface area (Å²) in [5.41, 5.74) is 2.07. The second kappa shape index (κ2) is 5.80. The van der Waals surface area contributed by atoms with Gasteiger partial charge < -0.3 is 10.4 Å². The third-order valence-corrected chi connectivity index (χ3v) is 2.96. The Morgan fingerprint density at radius 2 is 1.84 bits per heavy atom. The molecule has 1 unspecified atom stereocenters. The summed E-state index contributed by atoms with van der Waals surface area (Å²) in [4.78, 5) is 0. The topological polar surface area (TPSA) is 32.3 Å². The summed E-state index contributed by atoms with van der Waals surface area (Å²) in [6, 6.07) is 9.87. The van der Waals surface area contributed by atoms with Crippen molar-refractivity contribution in [2.24, 2.45) is 0 Å². The number of halogens is 2. The van der Waals surface area contributed by atoms with Gasteiger partial charge in [0, 0.05) is 5.69 Å². The zero-order chi connectivity index (χ0) is 13.8. The van der Waals surface area contributed by atoms with Gasteiger partial charge in [0.15, 0.2) is 0 Å². The van der Waals surface area contributed by atoms with Gasteiger partial charge in [0.05, 0.1) is 12.6 Å². The number of aryl methyl sites for hydroxylation is 1. The number of nitrogens with one attached hydrogen (secondary N) is 1. The fourth-order valence-corrected chi connectivity index (χ4v) is 1.99. The third kappa shape index (κ3) is 3.29. The van der Waals surface area contributed by atoms with Crippen LogP contribution >= 0.6 is 0 Å². The van der Waals surface area contributed by atoms with Gasteiger partial charge in [-0.25, -0.2) is 8.78 Å². The van der Waals surface area contributed by atoms with E-state index in [2.05, 4.69) is 5.32 Å². The molecule has 0 aliphatic carbocycles. The third-order valence-electron chi connectivity index (χ3n) is 2.96. The van der Waals surface area contributed by atoms with E-state index in [1.165, 1.54) is 24.3 Å². The highest BCUT2D eigenvalue weighted by atomic mass is 19.1. The van der Waals surface area contributed by atoms with Crippen LogP contribution in [0.3, 0.4) is 0 Å². The standard InChI is InChI=1S/C15H15F2NO/c1-10-5-6-12(17)8-14(10)15(9-19)18-13-4-2-3-11(16)7-13/h2-8,15,18-19H,9H2,1H3. The predicted octanol–water partition coefficient (Wildman–Crippen LogP) is 3.42. The first-order valence-electron chi connectivity index (χ1n) is 5.99. The predicted molar refractivity (Wildman–Crippen MR) is 71.0 cm³/mol. The van der Waals surface area contributed by atoms with Crippen molar-refractivity contribution in [3.05, 3.63) is 65.2 Å². The SMILES string of the molecule is Cc1ccc(F)cc1C(CO)Nc1cccc(F)c1. The van der Waals surface area contributed by atoms with E-state index in [1.807, 2.05) is 6.92 Å². The fourth-order valence-electron chi connectivity index (χ4n) is 1.99. The second-order valence-electron chi connectivity index (χ2n) is 4.39. The molecule has 2 nitrogen and oxygen atoms in total. The van der Waals surface area contributed by atoms with Crippen LogP contribution in [0.15, 0.2) is 42.5 Å². The van der Waals surface area contributed by atoms with Crippen molar-refractivity contribution in [1.29, 1.82) is 0 Å². The van der Waals surface area contributed by atoms with Crippen LogP contribution in [-0.4, -0.2) is 11.7 Å². The zero-order valence-electron chi connectivity index (χ0n) is 10.5. The number of aliphatic hydroxyl groups excluding tert-OH is 1. The Morgan fingerprint density at radius 3 is 2.53 bits per heavy atom. The average molecular weight is 263 g/mol. The van der Waals surface area contributed by atoms with E-state index in [-0.39, 0.29) is 18.2 Å². The monoisotopic (exact) mass is 263 g/mol. The minimum atomic E-state index is -0.475. The van der Waals surface area contributed by atoms with Crippen LogP contribution in [0.4, 0.5) is 14.5 Å². The van der Waals surface area contributed by atoms with Crippen LogP contribution in [0.2, 0.25) is 0 Å². The first-order chi connectivity index (χ1) is 9.10. The summed E-state index contributed by atoms with van der Waals surface area (Å²) in [5, 5.41) is 12.4. The fraction of sp³-hybridized carbons (Fsp3) is 0.200. The van der Waals surface area contributed by atoms with Crippen LogP contribution in [0.25, 0.3) is 0 Å². The molecule has 0 spiro atoms. The summed E-state index contributed by atoms with van der Waals surface area (Å²) >= 11 is 0. The maximum Gasteiger partial charge on any atom is 0.125 e. The summed E-state index contributed by atoms with van der Waals surface area (Å²) in [6.45, 7) is 1.63. The van der Waals surface area contributed by atoms with Crippen LogP contribution in [0, 0.1) is 18.6 Å². The van der Waals surface area contributed by atoms with Gasteiger partial charge in [-0.3, -0.25) is 0 Å². The number of rotatable bonds is 4. The van der Waals surface area contributed by atoms with E-state index in [1.54, 1.807) is 18.2 Å². The molecule has 0 radical (unpaired) electrons. The number of aliphatic hydroxyl groups is 1. The maximum absolute atomic E-state index is 13.3. The lowest BCUT2D eigenvalue weighted by molar-refractivity contribution is 0.275. The molecule has 0 aliphatic heterocycles. The van der Waals surface area contributed by atoms with Crippen LogP contribution in [-0.2, 0) is 0 Å². The largest absolute Gasteiger partial charge is 0.394 e. The minimum absolute atomic E-state index is 0.208. The van der Waals surface area contributed by atoms with Crippen LogP contribution in [0.1, 0.15) is 17.2 Å². The number of hydrogen-bond donors (Lipinski definition) is 2. The first-order valence-corrected chi connectivity index (χ1v) is 5.99. The van der Waals surface area contributed by atoms with E-state index in [0.717, 1.165) is 5.56 Å². The van der Waals surface area contributed by atoms with Crippen LogP contribution in [0.5, 0.6) is 0 Å². The van der Waals surface area contributed by atoms with Crippen molar-refractivity contribution in [3.8, 4) is 0 Å². The van der Waals surface area contributed by atoms with E-state index in [9.17, 15) is 13.9 Å². The molecule has 100 valence electrons. The molecule has 2 aromatic carbocycles. The van der Waals surface area contributed by atoms with Gasteiger partial charge in [-0.2, -0.15) is 0 Å². The van der Waals surface area contributed by atoms with Gasteiger partial charge >= 0.3 is 0 Å². The number of anilines is 1. The Balaban J connectivity index is 2.27. The molecular formula is C15H15F2NO. The zero-order valence-corrected chi connectivity index (χ0v) is 10.5. The molecule has 0 heterocycles. The highest BCUT2D eigenvalue weighted by molar-refractivity contribution is 5.46. The summed E-state index contributed by atoms with van der Waals surface area (Å²) in [5.74, 6) is -0.724. The molecule has 0 fully saturated rings. The van der Waals surface area contributed by atoms with Crippen molar-refractivity contribution in [2.45, 2.75) is 13.0 Å². The molecule has 0 bridgehead atoms. The molecule has 1 atom stereocenters. The van der Waals surface area contributed by atoms with E-state index >= 15 is 0 Å². The highest BCUT2D eigenvalue weighted by Gasteiger charge is 2.13. The average Bonchev–Trinajstić information content (AvgIpc) is 2.39. The Kier molecular flexibility index (Phi) is 4.12. The Morgan fingerprint density at radius 1 is 1.11 bits per heavy atom. The van der Waals surface area contributed by atoms with Gasteiger partial charge in [0.1, 0.15) is 11.6 Å². The highest BCUT2D eigenvalue weighted by Crippen LogP contribution is 2.23. The molecule has 19 heavy (non-hydrogen) atoms. The second-order valence-corrected chi connectivity index (χ2v) is 4.39. The summed E-state index contributed by atoms with van der Waals surface area (Å²) in [6.07, 6.45) is 0. The lowest BCUT2D eigenvalue weighted by Crippen LogP contribution is -2.16. The quantitative estimate of drug-likeness (QED) is 0.886. The first kappa shape index (κ1) is 13.5. The lowest BCUT2D eigenvalue weighted by atomic mass is 10.0. The lowest BCUT2D eigenvalue weighted by Gasteiger charge is -2.20. The van der Waals surface area contributed by atoms with E-state index in [0.29, 0.717) is 11.3 Å². The molecule has 0 saturated carbocycles. The Bertz CT molecular complexity index is 572. The smallest absolute Gasteiger partial charge is 0.125 e. The van der Waals surface area contributed by atoms with Crippen molar-refractivity contribution in [1.82, 2.24) is 0 Å². The molecule has 2 rings (SSSR count). The van der Waals surface area contributed by atoms with Gasteiger partial charge in [0.2, 0.25) is 0 Å². The number of hydrogen-bond acceptors (Lipinski definition) is 2. The Labute approximate surface area is 110 Å². The molecule has 0 aliphatic rings. The van der Waals surface area contributed by atoms with Gasteiger partial charge in [0.25, 0.3) is 0 Å². The van der Waals surface area contributed by atoms with E-state index < -0.39 is 6.04 Å². The van der Waals surface area contributed by atoms with Crippen molar-refractivity contribution < 1.29 is 13.9 Å². The molecule has 0 amide bonds. The van der Waals surface area contributed by atoms with Gasteiger partial charge in [-0.05, 0) is 48.4 Å².